The zero-order valence-electron chi connectivity index (χ0n) is 12.8. The molecule has 1 amide bonds. The summed E-state index contributed by atoms with van der Waals surface area (Å²) in [5.74, 6) is 0.468. The van der Waals surface area contributed by atoms with Crippen molar-refractivity contribution in [2.24, 2.45) is 0 Å². The predicted octanol–water partition coefficient (Wildman–Crippen LogP) is 4.43. The molecule has 0 aliphatic heterocycles. The largest absolute Gasteiger partial charge is 0.450 e. The highest BCUT2D eigenvalue weighted by molar-refractivity contribution is 14.2. The van der Waals surface area contributed by atoms with Gasteiger partial charge in [0.1, 0.15) is 17.3 Å². The normalized spacial score (nSPS) is 10.3. The van der Waals surface area contributed by atoms with E-state index < -0.39 is 6.09 Å². The van der Waals surface area contributed by atoms with Crippen molar-refractivity contribution in [3.05, 3.63) is 41.7 Å². The summed E-state index contributed by atoms with van der Waals surface area (Å²) in [5, 5.41) is 5.72. The molecule has 2 rings (SSSR count). The highest BCUT2D eigenvalue weighted by Gasteiger charge is 2.14. The Morgan fingerprint density at radius 3 is 2.75 bits per heavy atom. The molecule has 2 aromatic rings. The summed E-state index contributed by atoms with van der Waals surface area (Å²) < 4.78 is 17.8. The standard InChI is InChI=1S/C15H16FIN4O2S/c1-2-23-15(22)21-13-11(24-17)7-12(20-14(13)18)19-8-9-3-5-10(16)6-4-9/h3-7H,2,8H2,1H3,(H,21,22)(H3,18,19,20). The summed E-state index contributed by atoms with van der Waals surface area (Å²) in [5.41, 5.74) is 7.27. The number of carbonyl (C=O) groups is 1. The van der Waals surface area contributed by atoms with Crippen LogP contribution in [0.5, 0.6) is 0 Å². The molecule has 24 heavy (non-hydrogen) atoms. The first kappa shape index (κ1) is 18.6. The minimum absolute atomic E-state index is 0.186. The fourth-order valence-corrected chi connectivity index (χ4v) is 3.31. The van der Waals surface area contributed by atoms with E-state index in [1.165, 1.54) is 21.1 Å². The average Bonchev–Trinajstić information content (AvgIpc) is 2.56. The van der Waals surface area contributed by atoms with Crippen molar-refractivity contribution in [1.82, 2.24) is 4.98 Å². The van der Waals surface area contributed by atoms with Crippen LogP contribution in [0.25, 0.3) is 0 Å². The number of amides is 1. The number of carbonyl (C=O) groups excluding carboxylic acids is 1. The molecule has 0 saturated heterocycles. The molecule has 0 bridgehead atoms. The van der Waals surface area contributed by atoms with Crippen LogP contribution in [-0.2, 0) is 11.3 Å². The van der Waals surface area contributed by atoms with Crippen LogP contribution < -0.4 is 16.4 Å². The molecule has 6 nitrogen and oxygen atoms in total. The molecule has 0 aliphatic rings. The molecule has 1 aromatic carbocycles. The summed E-state index contributed by atoms with van der Waals surface area (Å²) in [6, 6.07) is 7.96. The number of rotatable bonds is 6. The maximum atomic E-state index is 12.9. The lowest BCUT2D eigenvalue weighted by molar-refractivity contribution is 0.168. The Balaban J connectivity index is 2.12. The summed E-state index contributed by atoms with van der Waals surface area (Å²) in [7, 11) is 1.40. The first-order valence-corrected chi connectivity index (χ1v) is 10.4. The molecule has 0 saturated carbocycles. The monoisotopic (exact) mass is 462 g/mol. The lowest BCUT2D eigenvalue weighted by Crippen LogP contribution is -2.16. The SMILES string of the molecule is CCOC(=O)Nc1c(SI)cc(NCc2ccc(F)cc2)nc1N. The molecule has 0 unspecified atom stereocenters. The van der Waals surface area contributed by atoms with Gasteiger partial charge in [-0.05, 0) is 30.7 Å². The number of hydrogen-bond donors (Lipinski definition) is 3. The lowest BCUT2D eigenvalue weighted by Gasteiger charge is -2.14. The van der Waals surface area contributed by atoms with Gasteiger partial charge in [-0.25, -0.2) is 14.2 Å². The molecule has 0 spiro atoms. The van der Waals surface area contributed by atoms with Gasteiger partial charge < -0.3 is 15.8 Å². The third-order valence-corrected chi connectivity index (χ3v) is 4.90. The van der Waals surface area contributed by atoms with E-state index in [2.05, 4.69) is 36.8 Å². The Morgan fingerprint density at radius 2 is 2.12 bits per heavy atom. The molecule has 0 radical (unpaired) electrons. The molecule has 9 heteroatoms. The van der Waals surface area contributed by atoms with Crippen LogP contribution in [0, 0.1) is 5.82 Å². The highest BCUT2D eigenvalue weighted by Crippen LogP contribution is 2.37. The van der Waals surface area contributed by atoms with Crippen LogP contribution in [0.15, 0.2) is 35.2 Å². The number of nitrogens with one attached hydrogen (secondary N) is 2. The molecular formula is C15H16FIN4O2S. The van der Waals surface area contributed by atoms with Crippen LogP contribution in [0.4, 0.5) is 26.5 Å². The summed E-state index contributed by atoms with van der Waals surface area (Å²) >= 11 is 2.10. The quantitative estimate of drug-likeness (QED) is 0.551. The second-order valence-corrected chi connectivity index (χ2v) is 6.58. The number of nitrogens with zero attached hydrogens (tertiary/aromatic N) is 1. The number of halogens is 2. The smallest absolute Gasteiger partial charge is 0.411 e. The molecular weight excluding hydrogens is 446 g/mol. The number of hydrogen-bond acceptors (Lipinski definition) is 6. The van der Waals surface area contributed by atoms with Crippen molar-refractivity contribution < 1.29 is 13.9 Å². The van der Waals surface area contributed by atoms with Crippen molar-refractivity contribution in [3.8, 4) is 0 Å². The van der Waals surface area contributed by atoms with Gasteiger partial charge >= 0.3 is 6.09 Å². The average molecular weight is 462 g/mol. The third-order valence-electron chi connectivity index (χ3n) is 2.98. The number of anilines is 3. The Morgan fingerprint density at radius 1 is 1.42 bits per heavy atom. The van der Waals surface area contributed by atoms with Gasteiger partial charge in [-0.15, -0.1) is 0 Å². The van der Waals surface area contributed by atoms with Gasteiger partial charge in [-0.1, -0.05) is 21.1 Å². The van der Waals surface area contributed by atoms with E-state index in [-0.39, 0.29) is 18.2 Å². The second-order valence-electron chi connectivity index (χ2n) is 4.67. The van der Waals surface area contributed by atoms with Crippen molar-refractivity contribution in [2.45, 2.75) is 18.4 Å². The minimum Gasteiger partial charge on any atom is -0.450 e. The summed E-state index contributed by atoms with van der Waals surface area (Å²) in [4.78, 5) is 16.6. The molecule has 0 fully saturated rings. The van der Waals surface area contributed by atoms with Crippen molar-refractivity contribution in [2.75, 3.05) is 23.0 Å². The van der Waals surface area contributed by atoms with Gasteiger partial charge in [0.25, 0.3) is 0 Å². The first-order valence-electron chi connectivity index (χ1n) is 7.04. The Bertz CT molecular complexity index is 715. The number of nitrogen functional groups attached to an aromatic ring is 1. The number of aromatic nitrogens is 1. The molecule has 128 valence electrons. The van der Waals surface area contributed by atoms with Crippen molar-refractivity contribution in [1.29, 1.82) is 0 Å². The van der Waals surface area contributed by atoms with E-state index in [0.29, 0.717) is 18.1 Å². The number of pyridine rings is 1. The molecule has 1 heterocycles. The Kier molecular flexibility index (Phi) is 6.91. The van der Waals surface area contributed by atoms with Crippen molar-refractivity contribution >= 4 is 53.6 Å². The van der Waals surface area contributed by atoms with Gasteiger partial charge in [0.05, 0.1) is 6.61 Å². The lowest BCUT2D eigenvalue weighted by atomic mass is 10.2. The number of ether oxygens (including phenoxy) is 1. The minimum atomic E-state index is -0.579. The van der Waals surface area contributed by atoms with Crippen LogP contribution in [0.3, 0.4) is 0 Å². The van der Waals surface area contributed by atoms with Crippen LogP contribution in [-0.4, -0.2) is 17.7 Å². The fourth-order valence-electron chi connectivity index (χ4n) is 1.88. The van der Waals surface area contributed by atoms with Crippen LogP contribution >= 0.6 is 30.1 Å². The van der Waals surface area contributed by atoms with E-state index in [4.69, 9.17) is 10.5 Å². The molecule has 1 aromatic heterocycles. The molecule has 0 atom stereocenters. The second kappa shape index (κ2) is 8.92. The zero-order valence-corrected chi connectivity index (χ0v) is 15.8. The van der Waals surface area contributed by atoms with Gasteiger partial charge in [-0.3, -0.25) is 5.32 Å². The Hall–Kier alpha value is -1.75. The van der Waals surface area contributed by atoms with E-state index in [1.807, 2.05) is 0 Å². The number of benzene rings is 1. The molecule has 0 aliphatic carbocycles. The highest BCUT2D eigenvalue weighted by atomic mass is 127. The van der Waals surface area contributed by atoms with Gasteiger partial charge in [0, 0.05) is 32.6 Å². The maximum absolute atomic E-state index is 12.9. The summed E-state index contributed by atoms with van der Waals surface area (Å²) in [6.45, 7) is 2.46. The van der Waals surface area contributed by atoms with E-state index in [1.54, 1.807) is 25.1 Å². The van der Waals surface area contributed by atoms with Gasteiger partial charge in [0.2, 0.25) is 0 Å². The van der Waals surface area contributed by atoms with Crippen LogP contribution in [0.1, 0.15) is 12.5 Å². The third kappa shape index (κ3) is 5.13. The topological polar surface area (TPSA) is 89.3 Å². The number of nitrogens with two attached hydrogens (primary N) is 1. The van der Waals surface area contributed by atoms with E-state index in [9.17, 15) is 9.18 Å². The zero-order chi connectivity index (χ0) is 17.5. The summed E-state index contributed by atoms with van der Waals surface area (Å²) in [6.07, 6.45) is -0.579. The predicted molar refractivity (Wildman–Crippen MR) is 103 cm³/mol. The van der Waals surface area contributed by atoms with Crippen LogP contribution in [0.2, 0.25) is 0 Å². The van der Waals surface area contributed by atoms with Gasteiger partial charge in [-0.2, -0.15) is 0 Å². The molecule has 4 N–H and O–H groups in total. The maximum Gasteiger partial charge on any atom is 0.411 e. The fraction of sp³-hybridized carbons (Fsp3) is 0.200. The first-order chi connectivity index (χ1) is 11.5. The van der Waals surface area contributed by atoms with E-state index in [0.717, 1.165) is 10.5 Å². The van der Waals surface area contributed by atoms with E-state index >= 15 is 0 Å². The van der Waals surface area contributed by atoms with Gasteiger partial charge in [0.15, 0.2) is 5.82 Å². The Labute approximate surface area is 155 Å². The van der Waals surface area contributed by atoms with Crippen molar-refractivity contribution in [3.63, 3.8) is 0 Å².